The van der Waals surface area contributed by atoms with Gasteiger partial charge in [0, 0.05) is 11.1 Å². The number of rotatable bonds is 4. The molecule has 0 aliphatic carbocycles. The molecule has 7 nitrogen and oxygen atoms in total. The summed E-state index contributed by atoms with van der Waals surface area (Å²) in [5.74, 6) is -1.71. The van der Waals surface area contributed by atoms with Crippen LogP contribution in [-0.2, 0) is 20.4 Å². The Bertz CT molecular complexity index is 1460. The molecule has 0 saturated carbocycles. The third kappa shape index (κ3) is 5.47. The number of aryl methyl sites for hydroxylation is 1. The molecule has 1 N–H and O–H groups in total. The number of carbonyl (C=O) groups is 2. The van der Waals surface area contributed by atoms with E-state index in [0.29, 0.717) is 27.8 Å². The Morgan fingerprint density at radius 3 is 2.21 bits per heavy atom. The minimum absolute atomic E-state index is 0.116. The molecule has 206 valence electrons. The Morgan fingerprint density at radius 1 is 1.00 bits per heavy atom. The first-order valence-corrected chi connectivity index (χ1v) is 12.2. The second-order valence-electron chi connectivity index (χ2n) is 10.3. The van der Waals surface area contributed by atoms with Crippen molar-refractivity contribution in [1.82, 2.24) is 4.98 Å². The lowest BCUT2D eigenvalue weighted by atomic mass is 9.86. The number of carbonyl (C=O) groups excluding carboxylic acids is 2. The third-order valence-electron chi connectivity index (χ3n) is 6.31. The molecule has 1 atom stereocenters. The fourth-order valence-corrected chi connectivity index (χ4v) is 4.51. The molecular formula is C29H29F3N2O5. The van der Waals surface area contributed by atoms with Gasteiger partial charge in [0.05, 0.1) is 18.4 Å². The SMILES string of the molecule is COC(=O)[C@@H](OC(C)(C)C)c1c(C)c2c(c(C)c1-c1ccc(C)cc1)Oc1nc(C(F)(F)F)ccc1C(=O)N2. The zero-order valence-corrected chi connectivity index (χ0v) is 22.7. The number of aromatic nitrogens is 1. The number of amides is 1. The van der Waals surface area contributed by atoms with Gasteiger partial charge in [-0.15, -0.1) is 0 Å². The van der Waals surface area contributed by atoms with Crippen LogP contribution in [0.25, 0.3) is 11.1 Å². The second kappa shape index (κ2) is 10.00. The monoisotopic (exact) mass is 542 g/mol. The summed E-state index contributed by atoms with van der Waals surface area (Å²) >= 11 is 0. The molecule has 1 aliphatic rings. The van der Waals surface area contributed by atoms with Gasteiger partial charge in [0.25, 0.3) is 5.91 Å². The van der Waals surface area contributed by atoms with E-state index in [0.717, 1.165) is 17.7 Å². The molecule has 0 saturated heterocycles. The first-order chi connectivity index (χ1) is 18.1. The van der Waals surface area contributed by atoms with E-state index in [9.17, 15) is 22.8 Å². The van der Waals surface area contributed by atoms with Crippen LogP contribution in [0.5, 0.6) is 11.6 Å². The fraction of sp³-hybridized carbons (Fsp3) is 0.345. The molecule has 3 aromatic rings. The van der Waals surface area contributed by atoms with Gasteiger partial charge in [-0.2, -0.15) is 13.2 Å². The van der Waals surface area contributed by atoms with Crippen molar-refractivity contribution in [3.63, 3.8) is 0 Å². The van der Waals surface area contributed by atoms with Gasteiger partial charge in [-0.25, -0.2) is 9.78 Å². The third-order valence-corrected chi connectivity index (χ3v) is 6.31. The molecule has 0 bridgehead atoms. The van der Waals surface area contributed by atoms with Crippen molar-refractivity contribution >= 4 is 17.6 Å². The van der Waals surface area contributed by atoms with Crippen molar-refractivity contribution in [2.45, 2.75) is 59.4 Å². The van der Waals surface area contributed by atoms with Crippen LogP contribution < -0.4 is 10.1 Å². The Balaban J connectivity index is 2.06. The standard InChI is InChI=1S/C29H29F3N2O5/c1-14-8-10-17(11-9-14)20-16(3)23-22(15(2)21(20)24(27(36)37-7)39-28(4,5)6)34-25(35)18-12-13-19(29(30,31)32)33-26(18)38-23/h8-13,24H,1-7H3,(H,34,35)/t24-/m0/s1. The van der Waals surface area contributed by atoms with Crippen molar-refractivity contribution in [3.8, 4) is 22.8 Å². The van der Waals surface area contributed by atoms with Gasteiger partial charge < -0.3 is 19.5 Å². The fourth-order valence-electron chi connectivity index (χ4n) is 4.51. The minimum atomic E-state index is -4.73. The van der Waals surface area contributed by atoms with Crippen LogP contribution in [-0.4, -0.2) is 29.6 Å². The number of anilines is 1. The summed E-state index contributed by atoms with van der Waals surface area (Å²) in [5, 5.41) is 2.76. The van der Waals surface area contributed by atoms with Gasteiger partial charge in [0.15, 0.2) is 11.9 Å². The molecule has 10 heteroatoms. The number of halogens is 3. The molecule has 0 radical (unpaired) electrons. The van der Waals surface area contributed by atoms with Crippen LogP contribution in [0.4, 0.5) is 18.9 Å². The Labute approximate surface area is 224 Å². The lowest BCUT2D eigenvalue weighted by Crippen LogP contribution is -2.29. The summed E-state index contributed by atoms with van der Waals surface area (Å²) in [4.78, 5) is 29.9. The summed E-state index contributed by atoms with van der Waals surface area (Å²) in [6, 6.07) is 9.27. The van der Waals surface area contributed by atoms with Gasteiger partial charge >= 0.3 is 12.1 Å². The zero-order valence-electron chi connectivity index (χ0n) is 22.7. The zero-order chi connectivity index (χ0) is 28.9. The first kappa shape index (κ1) is 28.1. The highest BCUT2D eigenvalue weighted by Gasteiger charge is 2.38. The molecule has 1 aromatic heterocycles. The highest BCUT2D eigenvalue weighted by atomic mass is 19.4. The lowest BCUT2D eigenvalue weighted by molar-refractivity contribution is -0.164. The van der Waals surface area contributed by atoms with E-state index < -0.39 is 41.3 Å². The van der Waals surface area contributed by atoms with Crippen LogP contribution in [0.1, 0.15) is 65.2 Å². The highest BCUT2D eigenvalue weighted by Crippen LogP contribution is 2.49. The van der Waals surface area contributed by atoms with Crippen LogP contribution >= 0.6 is 0 Å². The van der Waals surface area contributed by atoms with Crippen molar-refractivity contribution < 1.29 is 37.0 Å². The summed E-state index contributed by atoms with van der Waals surface area (Å²) in [6.07, 6.45) is -5.92. The molecule has 2 heterocycles. The summed E-state index contributed by atoms with van der Waals surface area (Å²) in [6.45, 7) is 10.7. The number of hydrogen-bond donors (Lipinski definition) is 1. The van der Waals surface area contributed by atoms with E-state index in [1.54, 1.807) is 34.6 Å². The maximum absolute atomic E-state index is 13.4. The van der Waals surface area contributed by atoms with E-state index >= 15 is 0 Å². The predicted octanol–water partition coefficient (Wildman–Crippen LogP) is 7.08. The number of ether oxygens (including phenoxy) is 3. The Kier molecular flexibility index (Phi) is 7.20. The number of esters is 1. The topological polar surface area (TPSA) is 86.8 Å². The summed E-state index contributed by atoms with van der Waals surface area (Å²) in [7, 11) is 1.25. The number of hydrogen-bond acceptors (Lipinski definition) is 6. The maximum atomic E-state index is 13.4. The lowest BCUT2D eigenvalue weighted by Gasteiger charge is -2.31. The molecular weight excluding hydrogens is 513 g/mol. The van der Waals surface area contributed by atoms with Gasteiger partial charge in [-0.3, -0.25) is 4.79 Å². The van der Waals surface area contributed by atoms with Crippen LogP contribution in [0.3, 0.4) is 0 Å². The van der Waals surface area contributed by atoms with Crippen LogP contribution in [0, 0.1) is 20.8 Å². The predicted molar refractivity (Wildman–Crippen MR) is 139 cm³/mol. The van der Waals surface area contributed by atoms with Crippen molar-refractivity contribution in [3.05, 3.63) is 69.9 Å². The molecule has 0 unspecified atom stereocenters. The number of pyridine rings is 1. The Morgan fingerprint density at radius 2 is 1.64 bits per heavy atom. The molecule has 1 aliphatic heterocycles. The quantitative estimate of drug-likeness (QED) is 0.355. The van der Waals surface area contributed by atoms with Crippen molar-refractivity contribution in [2.75, 3.05) is 12.4 Å². The number of nitrogens with one attached hydrogen (secondary N) is 1. The highest BCUT2D eigenvalue weighted by molar-refractivity contribution is 6.09. The Hall–Kier alpha value is -3.92. The van der Waals surface area contributed by atoms with Gasteiger partial charge in [0.2, 0.25) is 5.88 Å². The number of methoxy groups -OCH3 is 1. The number of benzene rings is 2. The largest absolute Gasteiger partial charge is 0.467 e. The molecule has 1 amide bonds. The first-order valence-electron chi connectivity index (χ1n) is 12.2. The average molecular weight is 543 g/mol. The molecule has 0 spiro atoms. The van der Waals surface area contributed by atoms with Gasteiger partial charge in [-0.05, 0) is 70.4 Å². The molecule has 2 aromatic carbocycles. The van der Waals surface area contributed by atoms with E-state index in [2.05, 4.69) is 10.3 Å². The van der Waals surface area contributed by atoms with Crippen molar-refractivity contribution in [1.29, 1.82) is 0 Å². The van der Waals surface area contributed by atoms with Crippen LogP contribution in [0.15, 0.2) is 36.4 Å². The molecule has 39 heavy (non-hydrogen) atoms. The smallest absolute Gasteiger partial charge is 0.433 e. The van der Waals surface area contributed by atoms with Crippen LogP contribution in [0.2, 0.25) is 0 Å². The summed E-state index contributed by atoms with van der Waals surface area (Å²) in [5.41, 5.74) is 1.70. The van der Waals surface area contributed by atoms with E-state index in [1.165, 1.54) is 7.11 Å². The van der Waals surface area contributed by atoms with E-state index in [4.69, 9.17) is 14.2 Å². The summed E-state index contributed by atoms with van der Waals surface area (Å²) < 4.78 is 57.5. The number of alkyl halides is 3. The maximum Gasteiger partial charge on any atom is 0.433 e. The van der Waals surface area contributed by atoms with Gasteiger partial charge in [0.1, 0.15) is 11.3 Å². The normalized spacial score (nSPS) is 13.9. The van der Waals surface area contributed by atoms with Gasteiger partial charge in [-0.1, -0.05) is 29.8 Å². The minimum Gasteiger partial charge on any atom is -0.467 e. The van der Waals surface area contributed by atoms with E-state index in [-0.39, 0.29) is 17.0 Å². The molecule has 0 fully saturated rings. The average Bonchev–Trinajstić information content (AvgIpc) is 3.00. The van der Waals surface area contributed by atoms with Crippen molar-refractivity contribution in [2.24, 2.45) is 0 Å². The number of nitrogens with zero attached hydrogens (tertiary/aromatic N) is 1. The van der Waals surface area contributed by atoms with E-state index in [1.807, 2.05) is 31.2 Å². The second-order valence-corrected chi connectivity index (χ2v) is 10.3. The molecule has 4 rings (SSSR count). The number of fused-ring (bicyclic) bond motifs is 2.